The summed E-state index contributed by atoms with van der Waals surface area (Å²) < 4.78 is 11.3. The van der Waals surface area contributed by atoms with E-state index < -0.39 is 0 Å². The quantitative estimate of drug-likeness (QED) is 0.672. The summed E-state index contributed by atoms with van der Waals surface area (Å²) in [7, 11) is 0. The molecule has 0 fully saturated rings. The monoisotopic (exact) mass is 269 g/mol. The van der Waals surface area contributed by atoms with Gasteiger partial charge in [-0.2, -0.15) is 0 Å². The topological polar surface area (TPSA) is 61.5 Å². The Labute approximate surface area is 117 Å². The molecule has 4 heteroatoms. The minimum atomic E-state index is -0.0382. The van der Waals surface area contributed by atoms with Crippen LogP contribution in [0.15, 0.2) is 36.4 Å². The van der Waals surface area contributed by atoms with Crippen LogP contribution in [0.4, 0.5) is 5.69 Å². The molecule has 102 valence electrons. The van der Waals surface area contributed by atoms with Crippen LogP contribution in [0.25, 0.3) is 11.1 Å². The van der Waals surface area contributed by atoms with Gasteiger partial charge in [0.15, 0.2) is 17.3 Å². The average Bonchev–Trinajstić information content (AvgIpc) is 2.46. The molecule has 1 heterocycles. The second kappa shape index (κ2) is 4.89. The summed E-state index contributed by atoms with van der Waals surface area (Å²) in [6, 6.07) is 11.2. The highest BCUT2D eigenvalue weighted by molar-refractivity contribution is 6.00. The molecule has 3 rings (SSSR count). The summed E-state index contributed by atoms with van der Waals surface area (Å²) in [6.45, 7) is 2.60. The lowest BCUT2D eigenvalue weighted by Gasteiger charge is -2.21. The lowest BCUT2D eigenvalue weighted by atomic mass is 10.00. The number of para-hydroxylation sites is 1. The van der Waals surface area contributed by atoms with Crippen molar-refractivity contribution in [1.29, 1.82) is 0 Å². The maximum Gasteiger partial charge on any atom is 0.169 e. The van der Waals surface area contributed by atoms with Crippen molar-refractivity contribution in [3.8, 4) is 22.6 Å². The predicted molar refractivity (Wildman–Crippen MR) is 77.3 cm³/mol. The summed E-state index contributed by atoms with van der Waals surface area (Å²) in [5.74, 6) is 1.43. The Kier molecular flexibility index (Phi) is 3.06. The van der Waals surface area contributed by atoms with Gasteiger partial charge in [-0.25, -0.2) is 0 Å². The van der Waals surface area contributed by atoms with Crippen molar-refractivity contribution < 1.29 is 14.3 Å². The summed E-state index contributed by atoms with van der Waals surface area (Å²) in [5, 5.41) is 0. The molecule has 0 spiro atoms. The normalized spacial score (nSPS) is 13.1. The second-order valence-electron chi connectivity index (χ2n) is 4.69. The van der Waals surface area contributed by atoms with Crippen LogP contribution in [0.1, 0.15) is 17.3 Å². The van der Waals surface area contributed by atoms with Crippen molar-refractivity contribution in [2.75, 3.05) is 18.9 Å². The van der Waals surface area contributed by atoms with E-state index in [1.165, 1.54) is 6.92 Å². The summed E-state index contributed by atoms with van der Waals surface area (Å²) in [5.41, 5.74) is 8.79. The third-order valence-electron chi connectivity index (χ3n) is 3.31. The second-order valence-corrected chi connectivity index (χ2v) is 4.69. The van der Waals surface area contributed by atoms with Gasteiger partial charge in [-0.05, 0) is 30.7 Å². The first kappa shape index (κ1) is 12.5. The molecule has 0 saturated carbocycles. The maximum absolute atomic E-state index is 11.4. The molecule has 1 aliphatic heterocycles. The lowest BCUT2D eigenvalue weighted by molar-refractivity contribution is 0.101. The van der Waals surface area contributed by atoms with Gasteiger partial charge in [0.1, 0.15) is 13.2 Å². The Bertz CT molecular complexity index is 679. The fourth-order valence-corrected chi connectivity index (χ4v) is 2.35. The first-order chi connectivity index (χ1) is 9.66. The minimum absolute atomic E-state index is 0.0382. The van der Waals surface area contributed by atoms with Gasteiger partial charge < -0.3 is 15.2 Å². The van der Waals surface area contributed by atoms with Crippen molar-refractivity contribution in [3.05, 3.63) is 42.0 Å². The number of Topliss-reactive ketones (excluding diaryl/α,β-unsaturated/α-hetero) is 1. The van der Waals surface area contributed by atoms with Crippen LogP contribution in [0, 0.1) is 0 Å². The molecule has 0 amide bonds. The predicted octanol–water partition coefficient (Wildman–Crippen LogP) is 2.91. The molecule has 0 unspecified atom stereocenters. The number of rotatable bonds is 2. The van der Waals surface area contributed by atoms with Gasteiger partial charge in [0.25, 0.3) is 0 Å². The lowest BCUT2D eigenvalue weighted by Crippen LogP contribution is -2.15. The largest absolute Gasteiger partial charge is 0.486 e. The highest BCUT2D eigenvalue weighted by atomic mass is 16.6. The molecular formula is C16H15NO3. The average molecular weight is 269 g/mol. The van der Waals surface area contributed by atoms with Gasteiger partial charge >= 0.3 is 0 Å². The molecule has 20 heavy (non-hydrogen) atoms. The molecule has 2 aromatic rings. The van der Waals surface area contributed by atoms with E-state index in [9.17, 15) is 4.79 Å². The molecule has 0 radical (unpaired) electrons. The summed E-state index contributed by atoms with van der Waals surface area (Å²) >= 11 is 0. The molecule has 0 aromatic heterocycles. The molecule has 0 aliphatic carbocycles. The Hall–Kier alpha value is -2.49. The van der Waals surface area contributed by atoms with E-state index in [2.05, 4.69) is 0 Å². The Balaban J connectivity index is 2.10. The Morgan fingerprint density at radius 1 is 1.15 bits per heavy atom. The van der Waals surface area contributed by atoms with Gasteiger partial charge in [0.05, 0.1) is 0 Å². The molecule has 2 N–H and O–H groups in total. The number of hydrogen-bond acceptors (Lipinski definition) is 4. The highest BCUT2D eigenvalue weighted by Crippen LogP contribution is 2.40. The fraction of sp³-hybridized carbons (Fsp3) is 0.188. The van der Waals surface area contributed by atoms with E-state index in [1.54, 1.807) is 12.1 Å². The molecule has 0 bridgehead atoms. The fourth-order valence-electron chi connectivity index (χ4n) is 2.35. The van der Waals surface area contributed by atoms with Crippen LogP contribution in [0.2, 0.25) is 0 Å². The molecule has 0 saturated heterocycles. The Morgan fingerprint density at radius 2 is 1.95 bits per heavy atom. The maximum atomic E-state index is 11.4. The minimum Gasteiger partial charge on any atom is -0.486 e. The summed E-state index contributed by atoms with van der Waals surface area (Å²) in [6.07, 6.45) is 0. The Morgan fingerprint density at radius 3 is 2.70 bits per heavy atom. The van der Waals surface area contributed by atoms with E-state index in [-0.39, 0.29) is 5.78 Å². The molecule has 0 atom stereocenters. The van der Waals surface area contributed by atoms with E-state index >= 15 is 0 Å². The molecular weight excluding hydrogens is 254 g/mol. The zero-order valence-corrected chi connectivity index (χ0v) is 11.2. The number of ether oxygens (including phenoxy) is 2. The van der Waals surface area contributed by atoms with Gasteiger partial charge in [-0.1, -0.05) is 18.2 Å². The highest BCUT2D eigenvalue weighted by Gasteiger charge is 2.17. The first-order valence-corrected chi connectivity index (χ1v) is 6.46. The van der Waals surface area contributed by atoms with Crippen molar-refractivity contribution in [1.82, 2.24) is 0 Å². The van der Waals surface area contributed by atoms with Gasteiger partial charge in [0.2, 0.25) is 0 Å². The standard InChI is InChI=1S/C16H15NO3/c1-10(18)12-6-5-11(9-14(12)17)13-3-2-4-15-16(13)20-8-7-19-15/h2-6,9H,7-8,17H2,1H3. The number of nitrogen functional groups attached to an aromatic ring is 1. The van der Waals surface area contributed by atoms with Crippen molar-refractivity contribution in [3.63, 3.8) is 0 Å². The van der Waals surface area contributed by atoms with Crippen molar-refractivity contribution in [2.24, 2.45) is 0 Å². The number of carbonyl (C=O) groups excluding carboxylic acids is 1. The van der Waals surface area contributed by atoms with Crippen LogP contribution < -0.4 is 15.2 Å². The molecule has 2 aromatic carbocycles. The van der Waals surface area contributed by atoms with Crippen LogP contribution in [-0.2, 0) is 0 Å². The number of hydrogen-bond donors (Lipinski definition) is 1. The molecule has 4 nitrogen and oxygen atoms in total. The van der Waals surface area contributed by atoms with Crippen LogP contribution in [-0.4, -0.2) is 19.0 Å². The number of fused-ring (bicyclic) bond motifs is 1. The van der Waals surface area contributed by atoms with Crippen LogP contribution >= 0.6 is 0 Å². The number of ketones is 1. The van der Waals surface area contributed by atoms with E-state index in [0.29, 0.717) is 24.5 Å². The zero-order valence-electron chi connectivity index (χ0n) is 11.2. The van der Waals surface area contributed by atoms with Crippen LogP contribution in [0.5, 0.6) is 11.5 Å². The number of nitrogens with two attached hydrogens (primary N) is 1. The number of anilines is 1. The van der Waals surface area contributed by atoms with Gasteiger partial charge in [-0.15, -0.1) is 0 Å². The number of carbonyl (C=O) groups is 1. The SMILES string of the molecule is CC(=O)c1ccc(-c2cccc3c2OCCO3)cc1N. The van der Waals surface area contributed by atoms with E-state index in [4.69, 9.17) is 15.2 Å². The smallest absolute Gasteiger partial charge is 0.169 e. The molecule has 1 aliphatic rings. The van der Waals surface area contributed by atoms with Gasteiger partial charge in [-0.3, -0.25) is 4.79 Å². The third kappa shape index (κ3) is 2.09. The van der Waals surface area contributed by atoms with Crippen LogP contribution in [0.3, 0.4) is 0 Å². The van der Waals surface area contributed by atoms with Gasteiger partial charge in [0, 0.05) is 16.8 Å². The summed E-state index contributed by atoms with van der Waals surface area (Å²) in [4.78, 5) is 11.4. The van der Waals surface area contributed by atoms with Crippen molar-refractivity contribution >= 4 is 11.5 Å². The van der Waals surface area contributed by atoms with Crippen molar-refractivity contribution in [2.45, 2.75) is 6.92 Å². The first-order valence-electron chi connectivity index (χ1n) is 6.46. The van der Waals surface area contributed by atoms with E-state index in [1.807, 2.05) is 24.3 Å². The zero-order chi connectivity index (χ0) is 14.1. The van der Waals surface area contributed by atoms with E-state index in [0.717, 1.165) is 22.6 Å². The number of benzene rings is 2. The third-order valence-corrected chi connectivity index (χ3v) is 3.31.